The number of hydrogen-bond acceptors (Lipinski definition) is 2. The molecule has 7 heteroatoms. The van der Waals surface area contributed by atoms with E-state index in [9.17, 15) is 22.8 Å². The lowest BCUT2D eigenvalue weighted by Gasteiger charge is -2.36. The fourth-order valence-electron chi connectivity index (χ4n) is 3.07. The third-order valence-corrected chi connectivity index (χ3v) is 4.40. The number of amides is 2. The van der Waals surface area contributed by atoms with E-state index in [2.05, 4.69) is 0 Å². The van der Waals surface area contributed by atoms with Crippen molar-refractivity contribution in [2.24, 2.45) is 5.92 Å². The van der Waals surface area contributed by atoms with Crippen LogP contribution in [-0.2, 0) is 16.1 Å². The van der Waals surface area contributed by atoms with Crippen LogP contribution >= 0.6 is 0 Å². The van der Waals surface area contributed by atoms with Gasteiger partial charge in [0, 0.05) is 25.7 Å². The van der Waals surface area contributed by atoms with Gasteiger partial charge in [-0.25, -0.2) is 0 Å². The van der Waals surface area contributed by atoms with Crippen LogP contribution in [0.5, 0.6) is 0 Å². The Morgan fingerprint density at radius 3 is 2.44 bits per heavy atom. The molecule has 25 heavy (non-hydrogen) atoms. The number of rotatable bonds is 4. The Labute approximate surface area is 145 Å². The van der Waals surface area contributed by atoms with Crippen molar-refractivity contribution >= 4 is 11.8 Å². The summed E-state index contributed by atoms with van der Waals surface area (Å²) in [7, 11) is 0. The van der Waals surface area contributed by atoms with Crippen molar-refractivity contribution in [3.8, 4) is 0 Å². The topological polar surface area (TPSA) is 40.6 Å². The minimum absolute atomic E-state index is 0.0441. The summed E-state index contributed by atoms with van der Waals surface area (Å²) in [4.78, 5) is 26.8. The van der Waals surface area contributed by atoms with Crippen LogP contribution in [-0.4, -0.2) is 46.9 Å². The van der Waals surface area contributed by atoms with E-state index in [1.807, 2.05) is 44.2 Å². The van der Waals surface area contributed by atoms with Gasteiger partial charge in [-0.15, -0.1) is 0 Å². The van der Waals surface area contributed by atoms with Gasteiger partial charge in [-0.2, -0.15) is 13.2 Å². The third kappa shape index (κ3) is 4.96. The van der Waals surface area contributed by atoms with E-state index in [4.69, 9.17) is 0 Å². The molecule has 2 amide bonds. The fraction of sp³-hybridized carbons (Fsp3) is 0.556. The zero-order chi connectivity index (χ0) is 18.6. The van der Waals surface area contributed by atoms with E-state index < -0.39 is 18.0 Å². The molecule has 138 valence electrons. The van der Waals surface area contributed by atoms with Crippen LogP contribution in [0.1, 0.15) is 32.3 Å². The van der Waals surface area contributed by atoms with Gasteiger partial charge in [0.15, 0.2) is 0 Å². The summed E-state index contributed by atoms with van der Waals surface area (Å²) in [6, 6.07) is 9.37. The number of benzene rings is 1. The highest BCUT2D eigenvalue weighted by Gasteiger charge is 2.44. The lowest BCUT2D eigenvalue weighted by atomic mass is 9.95. The summed E-state index contributed by atoms with van der Waals surface area (Å²) < 4.78 is 37.9. The van der Waals surface area contributed by atoms with Gasteiger partial charge in [0.25, 0.3) is 0 Å². The average Bonchev–Trinajstić information content (AvgIpc) is 2.58. The first-order valence-corrected chi connectivity index (χ1v) is 8.40. The molecule has 1 aliphatic heterocycles. The number of carbonyl (C=O) groups excluding carboxylic acids is 2. The smallest absolute Gasteiger partial charge is 0.336 e. The van der Waals surface area contributed by atoms with Crippen molar-refractivity contribution < 1.29 is 22.8 Å². The normalized spacial score (nSPS) is 18.3. The van der Waals surface area contributed by atoms with Gasteiger partial charge < -0.3 is 9.80 Å². The number of likely N-dealkylation sites (tertiary alicyclic amines) is 1. The van der Waals surface area contributed by atoms with E-state index in [-0.39, 0.29) is 25.0 Å². The molecule has 0 aromatic heterocycles. The van der Waals surface area contributed by atoms with Crippen molar-refractivity contribution in [1.82, 2.24) is 9.80 Å². The van der Waals surface area contributed by atoms with Gasteiger partial charge in [-0.3, -0.25) is 9.59 Å². The highest BCUT2D eigenvalue weighted by Crippen LogP contribution is 2.26. The molecule has 0 saturated carbocycles. The standard InChI is InChI=1S/C18H23F3N2O2/c1-13(2)23(11-14-7-4-3-5-8-14)16(24)15-9-6-10-22(12-15)17(25)18(19,20)21/h3-5,7-8,13,15H,6,9-12H2,1-2H3. The summed E-state index contributed by atoms with van der Waals surface area (Å²) in [6.07, 6.45) is -4.00. The summed E-state index contributed by atoms with van der Waals surface area (Å²) in [5.74, 6) is -2.64. The summed E-state index contributed by atoms with van der Waals surface area (Å²) in [5.41, 5.74) is 0.962. The number of alkyl halides is 3. The third-order valence-electron chi connectivity index (χ3n) is 4.40. The van der Waals surface area contributed by atoms with Crippen LogP contribution in [0.2, 0.25) is 0 Å². The van der Waals surface area contributed by atoms with Gasteiger partial charge in [0.05, 0.1) is 5.92 Å². The van der Waals surface area contributed by atoms with Crippen LogP contribution in [0.25, 0.3) is 0 Å². The number of piperidine rings is 1. The van der Waals surface area contributed by atoms with Crippen LogP contribution in [0.3, 0.4) is 0 Å². The molecule has 0 radical (unpaired) electrons. The first kappa shape index (κ1) is 19.3. The molecule has 1 fully saturated rings. The minimum Gasteiger partial charge on any atom is -0.336 e. The molecule has 1 atom stereocenters. The van der Waals surface area contributed by atoms with Crippen molar-refractivity contribution in [1.29, 1.82) is 0 Å². The SMILES string of the molecule is CC(C)N(Cc1ccccc1)C(=O)C1CCCN(C(=O)C(F)(F)F)C1. The van der Waals surface area contributed by atoms with E-state index in [0.717, 1.165) is 10.5 Å². The van der Waals surface area contributed by atoms with E-state index >= 15 is 0 Å². The molecule has 0 aliphatic carbocycles. The fourth-order valence-corrected chi connectivity index (χ4v) is 3.07. The Kier molecular flexibility index (Phi) is 6.08. The highest BCUT2D eigenvalue weighted by atomic mass is 19.4. The van der Waals surface area contributed by atoms with Crippen LogP contribution in [0.15, 0.2) is 30.3 Å². The molecule has 1 saturated heterocycles. The maximum absolute atomic E-state index is 12.9. The molecular formula is C18H23F3N2O2. The van der Waals surface area contributed by atoms with Crippen molar-refractivity contribution in [2.75, 3.05) is 13.1 Å². The highest BCUT2D eigenvalue weighted by molar-refractivity contribution is 5.84. The Morgan fingerprint density at radius 1 is 1.24 bits per heavy atom. The molecule has 0 N–H and O–H groups in total. The number of carbonyl (C=O) groups is 2. The first-order valence-electron chi connectivity index (χ1n) is 8.40. The number of hydrogen-bond donors (Lipinski definition) is 0. The van der Waals surface area contributed by atoms with Crippen molar-refractivity contribution in [2.45, 2.75) is 45.5 Å². The van der Waals surface area contributed by atoms with Gasteiger partial charge in [0.2, 0.25) is 5.91 Å². The van der Waals surface area contributed by atoms with Gasteiger partial charge in [-0.05, 0) is 32.3 Å². The summed E-state index contributed by atoms with van der Waals surface area (Å²) >= 11 is 0. The van der Waals surface area contributed by atoms with Gasteiger partial charge in [0.1, 0.15) is 0 Å². The Hall–Kier alpha value is -2.05. The molecule has 1 aromatic carbocycles. The number of nitrogens with zero attached hydrogens (tertiary/aromatic N) is 2. The minimum atomic E-state index is -4.90. The van der Waals surface area contributed by atoms with E-state index in [0.29, 0.717) is 19.4 Å². The van der Waals surface area contributed by atoms with E-state index in [1.165, 1.54) is 0 Å². The molecule has 0 bridgehead atoms. The van der Waals surface area contributed by atoms with Crippen LogP contribution in [0, 0.1) is 5.92 Å². The second kappa shape index (κ2) is 7.89. The molecule has 1 heterocycles. The lowest BCUT2D eigenvalue weighted by Crippen LogP contribution is -2.51. The van der Waals surface area contributed by atoms with E-state index in [1.54, 1.807) is 4.90 Å². The molecule has 2 rings (SSSR count). The Balaban J connectivity index is 2.09. The predicted molar refractivity (Wildman–Crippen MR) is 87.5 cm³/mol. The zero-order valence-corrected chi connectivity index (χ0v) is 14.4. The predicted octanol–water partition coefficient (Wildman–Crippen LogP) is 3.22. The van der Waals surface area contributed by atoms with Crippen LogP contribution < -0.4 is 0 Å². The number of halogens is 3. The monoisotopic (exact) mass is 356 g/mol. The first-order chi connectivity index (χ1) is 11.7. The molecule has 1 aliphatic rings. The average molecular weight is 356 g/mol. The zero-order valence-electron chi connectivity index (χ0n) is 14.4. The molecule has 4 nitrogen and oxygen atoms in total. The van der Waals surface area contributed by atoms with Crippen molar-refractivity contribution in [3.05, 3.63) is 35.9 Å². The second-order valence-corrected chi connectivity index (χ2v) is 6.63. The summed E-state index contributed by atoms with van der Waals surface area (Å²) in [6.45, 7) is 4.03. The van der Waals surface area contributed by atoms with Gasteiger partial charge in [-0.1, -0.05) is 30.3 Å². The Morgan fingerprint density at radius 2 is 1.88 bits per heavy atom. The molecule has 1 unspecified atom stereocenters. The Bertz CT molecular complexity index is 602. The maximum Gasteiger partial charge on any atom is 0.471 e. The molecule has 1 aromatic rings. The maximum atomic E-state index is 12.9. The quantitative estimate of drug-likeness (QED) is 0.831. The molecular weight excluding hydrogens is 333 g/mol. The van der Waals surface area contributed by atoms with Gasteiger partial charge >= 0.3 is 12.1 Å². The second-order valence-electron chi connectivity index (χ2n) is 6.63. The largest absolute Gasteiger partial charge is 0.471 e. The van der Waals surface area contributed by atoms with Crippen LogP contribution in [0.4, 0.5) is 13.2 Å². The molecule has 0 spiro atoms. The lowest BCUT2D eigenvalue weighted by molar-refractivity contribution is -0.187. The van der Waals surface area contributed by atoms with Crippen molar-refractivity contribution in [3.63, 3.8) is 0 Å². The summed E-state index contributed by atoms with van der Waals surface area (Å²) in [5, 5.41) is 0.